The van der Waals surface area contributed by atoms with Crippen molar-refractivity contribution >= 4 is 23.5 Å². The monoisotopic (exact) mass is 422 g/mol. The molecule has 0 radical (unpaired) electrons. The van der Waals surface area contributed by atoms with Gasteiger partial charge in [0.25, 0.3) is 0 Å². The fourth-order valence-corrected chi connectivity index (χ4v) is 12.3. The van der Waals surface area contributed by atoms with E-state index in [0.717, 1.165) is 51.4 Å². The number of rotatable bonds is 4. The van der Waals surface area contributed by atoms with Crippen LogP contribution in [-0.4, -0.2) is 21.5 Å². The van der Waals surface area contributed by atoms with Gasteiger partial charge >= 0.3 is 0 Å². The van der Waals surface area contributed by atoms with Crippen LogP contribution in [0.4, 0.5) is 0 Å². The highest BCUT2D eigenvalue weighted by Gasteiger charge is 2.57. The van der Waals surface area contributed by atoms with Gasteiger partial charge in [0.05, 0.1) is 0 Å². The van der Waals surface area contributed by atoms with Gasteiger partial charge in [0, 0.05) is 10.00 Å². The predicted molar refractivity (Wildman–Crippen MR) is 129 cm³/mol. The second-order valence-corrected chi connectivity index (χ2v) is 13.4. The molecule has 2 aliphatic heterocycles. The Balaban J connectivity index is 0.000000143. The number of fused-ring (bicyclic) bond motifs is 3. The van der Waals surface area contributed by atoms with Gasteiger partial charge < -0.3 is 0 Å². The zero-order valence-corrected chi connectivity index (χ0v) is 20.8. The quantitative estimate of drug-likeness (QED) is 0.447. The molecule has 8 unspecified atom stereocenters. The molecule has 3 aliphatic carbocycles. The third-order valence-corrected chi connectivity index (χ3v) is 13.2. The van der Waals surface area contributed by atoms with Crippen LogP contribution in [0.1, 0.15) is 98.3 Å². The molecule has 5 fully saturated rings. The highest BCUT2D eigenvalue weighted by atomic mass is 32.2. The van der Waals surface area contributed by atoms with E-state index in [0.29, 0.717) is 0 Å². The van der Waals surface area contributed by atoms with Gasteiger partial charge in [0.1, 0.15) is 0 Å². The van der Waals surface area contributed by atoms with E-state index in [4.69, 9.17) is 0 Å². The molecule has 5 rings (SSSR count). The van der Waals surface area contributed by atoms with Crippen LogP contribution < -0.4 is 0 Å². The Kier molecular flexibility index (Phi) is 7.40. The summed E-state index contributed by atoms with van der Waals surface area (Å²) in [6.45, 7) is 9.61. The molecule has 0 N–H and O–H groups in total. The molecular formula is C26H46S2. The van der Waals surface area contributed by atoms with E-state index < -0.39 is 0 Å². The molecule has 0 aromatic carbocycles. The first-order valence-corrected chi connectivity index (χ1v) is 15.0. The van der Waals surface area contributed by atoms with E-state index in [1.165, 1.54) is 62.9 Å². The lowest BCUT2D eigenvalue weighted by atomic mass is 9.76. The molecule has 8 atom stereocenters. The third-order valence-electron chi connectivity index (χ3n) is 9.76. The maximum atomic E-state index is 2.44. The zero-order chi connectivity index (χ0) is 19.7. The van der Waals surface area contributed by atoms with Crippen LogP contribution in [0.5, 0.6) is 0 Å². The van der Waals surface area contributed by atoms with Crippen molar-refractivity contribution in [3.8, 4) is 0 Å². The van der Waals surface area contributed by atoms with Crippen LogP contribution in [0.15, 0.2) is 0 Å². The van der Waals surface area contributed by atoms with E-state index in [9.17, 15) is 0 Å². The van der Waals surface area contributed by atoms with E-state index >= 15 is 0 Å². The lowest BCUT2D eigenvalue weighted by Crippen LogP contribution is -2.32. The van der Waals surface area contributed by atoms with Crippen molar-refractivity contribution in [2.24, 2.45) is 41.4 Å². The summed E-state index contributed by atoms with van der Waals surface area (Å²) in [5.41, 5.74) is 0. The maximum Gasteiger partial charge on any atom is 0.0194 e. The predicted octanol–water partition coefficient (Wildman–Crippen LogP) is 8.30. The molecule has 0 aromatic heterocycles. The van der Waals surface area contributed by atoms with Gasteiger partial charge in [-0.1, -0.05) is 66.2 Å². The van der Waals surface area contributed by atoms with Gasteiger partial charge in [0.15, 0.2) is 0 Å². The molecule has 162 valence electrons. The number of hydrogen-bond acceptors (Lipinski definition) is 2. The fourth-order valence-electron chi connectivity index (χ4n) is 8.30. The van der Waals surface area contributed by atoms with E-state index in [-0.39, 0.29) is 0 Å². The normalized spacial score (nSPS) is 45.9. The van der Waals surface area contributed by atoms with Crippen LogP contribution in [0, 0.1) is 41.4 Å². The van der Waals surface area contributed by atoms with Gasteiger partial charge in [-0.05, 0) is 85.0 Å². The molecule has 28 heavy (non-hydrogen) atoms. The zero-order valence-electron chi connectivity index (χ0n) is 19.1. The van der Waals surface area contributed by atoms with Crippen molar-refractivity contribution in [2.75, 3.05) is 11.5 Å². The minimum absolute atomic E-state index is 0.759. The summed E-state index contributed by atoms with van der Waals surface area (Å²) >= 11 is 4.65. The molecule has 0 nitrogen and oxygen atoms in total. The Morgan fingerprint density at radius 2 is 1.36 bits per heavy atom. The van der Waals surface area contributed by atoms with Gasteiger partial charge in [-0.2, -0.15) is 23.5 Å². The minimum Gasteiger partial charge on any atom is -0.158 e. The lowest BCUT2D eigenvalue weighted by Gasteiger charge is -2.34. The molecule has 3 saturated carbocycles. The molecule has 2 heterocycles. The minimum atomic E-state index is 0.759. The molecule has 0 aromatic rings. The van der Waals surface area contributed by atoms with Crippen LogP contribution in [0.25, 0.3) is 0 Å². The summed E-state index contributed by atoms with van der Waals surface area (Å²) in [6.07, 6.45) is 16.5. The fraction of sp³-hybridized carbons (Fsp3) is 1.00. The Bertz CT molecular complexity index is 481. The van der Waals surface area contributed by atoms with Crippen LogP contribution in [0.2, 0.25) is 0 Å². The average Bonchev–Trinajstić information content (AvgIpc) is 3.52. The van der Waals surface area contributed by atoms with E-state index in [2.05, 4.69) is 51.2 Å². The summed E-state index contributed by atoms with van der Waals surface area (Å²) in [6, 6.07) is 0. The summed E-state index contributed by atoms with van der Waals surface area (Å²) in [7, 11) is 0. The first kappa shape index (κ1) is 21.9. The Labute approximate surface area is 184 Å². The first-order valence-electron chi connectivity index (χ1n) is 12.9. The maximum absolute atomic E-state index is 2.44. The van der Waals surface area contributed by atoms with Gasteiger partial charge in [-0.25, -0.2) is 0 Å². The van der Waals surface area contributed by atoms with Crippen LogP contribution in [0.3, 0.4) is 0 Å². The third kappa shape index (κ3) is 3.85. The number of thioether (sulfide) groups is 2. The highest BCUT2D eigenvalue weighted by molar-refractivity contribution is 8.01. The summed E-state index contributed by atoms with van der Waals surface area (Å²) < 4.78 is 0.759. The highest BCUT2D eigenvalue weighted by Crippen LogP contribution is 2.64. The Hall–Kier alpha value is 0.700. The summed E-state index contributed by atoms with van der Waals surface area (Å²) in [5, 5.41) is 1.06. The second kappa shape index (κ2) is 9.46. The van der Waals surface area contributed by atoms with Gasteiger partial charge in [-0.15, -0.1) is 0 Å². The first-order chi connectivity index (χ1) is 13.7. The molecular weight excluding hydrogens is 376 g/mol. The SMILES string of the molecule is CCC1CC(CC)C2C1CSC21CCCC1.CCC1CC(CC)C2SCCC12. The van der Waals surface area contributed by atoms with Crippen molar-refractivity contribution in [3.63, 3.8) is 0 Å². The van der Waals surface area contributed by atoms with E-state index in [1.807, 2.05) is 0 Å². The molecule has 0 bridgehead atoms. The van der Waals surface area contributed by atoms with Gasteiger partial charge in [-0.3, -0.25) is 0 Å². The molecule has 2 saturated heterocycles. The number of hydrogen-bond donors (Lipinski definition) is 0. The van der Waals surface area contributed by atoms with Crippen molar-refractivity contribution in [3.05, 3.63) is 0 Å². The van der Waals surface area contributed by atoms with Crippen LogP contribution in [-0.2, 0) is 0 Å². The van der Waals surface area contributed by atoms with Gasteiger partial charge in [0.2, 0.25) is 0 Å². The van der Waals surface area contributed by atoms with Crippen molar-refractivity contribution in [2.45, 2.75) is 108 Å². The van der Waals surface area contributed by atoms with Crippen molar-refractivity contribution in [1.82, 2.24) is 0 Å². The summed E-state index contributed by atoms with van der Waals surface area (Å²) in [4.78, 5) is 0. The second-order valence-electron chi connectivity index (χ2n) is 10.7. The molecule has 2 heteroatoms. The van der Waals surface area contributed by atoms with Crippen molar-refractivity contribution < 1.29 is 0 Å². The Morgan fingerprint density at radius 1 is 0.750 bits per heavy atom. The van der Waals surface area contributed by atoms with Crippen molar-refractivity contribution in [1.29, 1.82) is 0 Å². The van der Waals surface area contributed by atoms with E-state index in [1.54, 1.807) is 19.3 Å². The average molecular weight is 423 g/mol. The lowest BCUT2D eigenvalue weighted by molar-refractivity contribution is 0.249. The molecule has 0 amide bonds. The topological polar surface area (TPSA) is 0 Å². The molecule has 5 aliphatic rings. The Morgan fingerprint density at radius 3 is 2.00 bits per heavy atom. The standard InChI is InChI=1S/C15H26S.C11H20S/c1-3-11-9-12(4-2)14-13(11)10-16-15(14)7-5-6-8-15;1-3-8-7-9(4-2)11-10(8)5-6-12-11/h11-14H,3-10H2,1-2H3;8-11H,3-7H2,1-2H3. The smallest absolute Gasteiger partial charge is 0.0194 e. The largest absolute Gasteiger partial charge is 0.158 e. The molecule has 1 spiro atoms. The summed E-state index contributed by atoms with van der Waals surface area (Å²) in [5.74, 6) is 10.5. The van der Waals surface area contributed by atoms with Crippen LogP contribution >= 0.6 is 23.5 Å².